The van der Waals surface area contributed by atoms with Gasteiger partial charge in [0.2, 0.25) is 5.91 Å². The van der Waals surface area contributed by atoms with E-state index in [2.05, 4.69) is 22.5 Å². The van der Waals surface area contributed by atoms with Crippen LogP contribution in [0.4, 0.5) is 0 Å². The van der Waals surface area contributed by atoms with Crippen LogP contribution in [0.5, 0.6) is 0 Å². The van der Waals surface area contributed by atoms with Crippen LogP contribution < -0.4 is 10.6 Å². The van der Waals surface area contributed by atoms with E-state index in [1.165, 1.54) is 0 Å². The molecule has 2 fully saturated rings. The van der Waals surface area contributed by atoms with Crippen LogP contribution in [-0.4, -0.2) is 62.8 Å². The fraction of sp³-hybridized carbons (Fsp3) is 0.929. The van der Waals surface area contributed by atoms with Gasteiger partial charge in [0.15, 0.2) is 0 Å². The number of carbonyl (C=O) groups is 1. The average Bonchev–Trinajstić information content (AvgIpc) is 2.47. The van der Waals surface area contributed by atoms with Crippen molar-refractivity contribution in [3.05, 3.63) is 0 Å². The second-order valence-electron chi connectivity index (χ2n) is 5.70. The van der Waals surface area contributed by atoms with Crippen molar-refractivity contribution < 1.29 is 9.53 Å². The minimum Gasteiger partial charge on any atom is -0.381 e. The third-order valence-corrected chi connectivity index (χ3v) is 4.18. The van der Waals surface area contributed by atoms with Gasteiger partial charge < -0.3 is 15.4 Å². The summed E-state index contributed by atoms with van der Waals surface area (Å²) in [4.78, 5) is 14.3. The lowest BCUT2D eigenvalue weighted by Gasteiger charge is -2.32. The Bertz CT molecular complexity index is 274. The quantitative estimate of drug-likeness (QED) is 0.749. The minimum atomic E-state index is 0.192. The van der Waals surface area contributed by atoms with Crippen LogP contribution in [0.1, 0.15) is 26.2 Å². The number of nitrogens with zero attached hydrogens (tertiary/aromatic N) is 1. The lowest BCUT2D eigenvalue weighted by atomic mass is 10.0. The maximum atomic E-state index is 12.0. The Hall–Kier alpha value is -0.650. The molecule has 0 spiro atoms. The maximum absolute atomic E-state index is 12.0. The van der Waals surface area contributed by atoms with Crippen LogP contribution in [-0.2, 0) is 9.53 Å². The molecule has 0 aromatic carbocycles. The summed E-state index contributed by atoms with van der Waals surface area (Å²) in [5, 5.41) is 6.42. The van der Waals surface area contributed by atoms with Crippen LogP contribution in [0.15, 0.2) is 0 Å². The number of hydrogen-bond donors (Lipinski definition) is 2. The van der Waals surface area contributed by atoms with Crippen molar-refractivity contribution in [2.45, 2.75) is 32.2 Å². The number of hydrogen-bond acceptors (Lipinski definition) is 4. The average molecular weight is 269 g/mol. The van der Waals surface area contributed by atoms with E-state index in [0.717, 1.165) is 58.8 Å². The van der Waals surface area contributed by atoms with Gasteiger partial charge in [-0.25, -0.2) is 0 Å². The molecule has 5 nitrogen and oxygen atoms in total. The van der Waals surface area contributed by atoms with E-state index in [-0.39, 0.29) is 5.91 Å². The molecule has 1 unspecified atom stereocenters. The predicted octanol–water partition coefficient (Wildman–Crippen LogP) is 0.213. The zero-order valence-corrected chi connectivity index (χ0v) is 12.0. The second-order valence-corrected chi connectivity index (χ2v) is 5.70. The first-order valence-electron chi connectivity index (χ1n) is 7.55. The van der Waals surface area contributed by atoms with Crippen molar-refractivity contribution in [3.63, 3.8) is 0 Å². The molecule has 2 aliphatic rings. The largest absolute Gasteiger partial charge is 0.381 e. The number of piperazine rings is 1. The number of rotatable bonds is 5. The second kappa shape index (κ2) is 7.82. The summed E-state index contributed by atoms with van der Waals surface area (Å²) in [6.45, 7) is 8.83. The van der Waals surface area contributed by atoms with Crippen molar-refractivity contribution in [2.24, 2.45) is 5.92 Å². The Morgan fingerprint density at radius 2 is 2.05 bits per heavy atom. The fourth-order valence-electron chi connectivity index (χ4n) is 2.80. The third kappa shape index (κ3) is 5.09. The van der Waals surface area contributed by atoms with Crippen LogP contribution in [0, 0.1) is 5.92 Å². The minimum absolute atomic E-state index is 0.192. The molecule has 0 aliphatic carbocycles. The Morgan fingerprint density at radius 1 is 1.37 bits per heavy atom. The monoisotopic (exact) mass is 269 g/mol. The molecule has 2 aliphatic heterocycles. The molecule has 5 heteroatoms. The molecule has 2 heterocycles. The van der Waals surface area contributed by atoms with Gasteiger partial charge in [-0.1, -0.05) is 0 Å². The van der Waals surface area contributed by atoms with Crippen LogP contribution in [0.3, 0.4) is 0 Å². The summed E-state index contributed by atoms with van der Waals surface area (Å²) >= 11 is 0. The standard InChI is InChI=1S/C14H27N3O2/c1-12(17-6-4-15-5-7-17)10-14(18)16-11-13-2-8-19-9-3-13/h12-13,15H,2-11H2,1H3,(H,16,18). The SMILES string of the molecule is CC(CC(=O)NCC1CCOCC1)N1CCNCC1. The number of amides is 1. The van der Waals surface area contributed by atoms with Gasteiger partial charge in [0.1, 0.15) is 0 Å². The van der Waals surface area contributed by atoms with Gasteiger partial charge >= 0.3 is 0 Å². The van der Waals surface area contributed by atoms with Gasteiger partial charge in [-0.15, -0.1) is 0 Å². The summed E-state index contributed by atoms with van der Waals surface area (Å²) in [5.41, 5.74) is 0. The van der Waals surface area contributed by atoms with Crippen molar-refractivity contribution in [1.29, 1.82) is 0 Å². The summed E-state index contributed by atoms with van der Waals surface area (Å²) in [6.07, 6.45) is 2.77. The van der Waals surface area contributed by atoms with Crippen molar-refractivity contribution in [1.82, 2.24) is 15.5 Å². The van der Waals surface area contributed by atoms with Gasteiger partial charge in [0.05, 0.1) is 0 Å². The van der Waals surface area contributed by atoms with E-state index >= 15 is 0 Å². The molecule has 0 bridgehead atoms. The molecule has 2 rings (SSSR count). The van der Waals surface area contributed by atoms with Gasteiger partial charge in [-0.3, -0.25) is 9.69 Å². The highest BCUT2D eigenvalue weighted by Crippen LogP contribution is 2.13. The number of nitrogens with one attached hydrogen (secondary N) is 2. The molecular formula is C14H27N3O2. The Morgan fingerprint density at radius 3 is 2.74 bits per heavy atom. The summed E-state index contributed by atoms with van der Waals surface area (Å²) in [7, 11) is 0. The number of carbonyl (C=O) groups excluding carboxylic acids is 1. The Kier molecular flexibility index (Phi) is 6.07. The van der Waals surface area contributed by atoms with E-state index in [1.807, 2.05) is 0 Å². The molecule has 1 amide bonds. The molecule has 2 saturated heterocycles. The Labute approximate surface area is 116 Å². The highest BCUT2D eigenvalue weighted by atomic mass is 16.5. The first kappa shape index (κ1) is 14.8. The molecule has 0 radical (unpaired) electrons. The number of ether oxygens (including phenoxy) is 1. The maximum Gasteiger partial charge on any atom is 0.221 e. The summed E-state index contributed by atoms with van der Waals surface area (Å²) < 4.78 is 5.33. The Balaban J connectivity index is 1.62. The lowest BCUT2D eigenvalue weighted by Crippen LogP contribution is -2.48. The molecular weight excluding hydrogens is 242 g/mol. The first-order chi connectivity index (χ1) is 9.25. The van der Waals surface area contributed by atoms with Gasteiger partial charge in [0.25, 0.3) is 0 Å². The smallest absolute Gasteiger partial charge is 0.221 e. The van der Waals surface area contributed by atoms with E-state index in [1.54, 1.807) is 0 Å². The molecule has 0 saturated carbocycles. The molecule has 0 aromatic rings. The van der Waals surface area contributed by atoms with Gasteiger partial charge in [0, 0.05) is 58.4 Å². The van der Waals surface area contributed by atoms with Crippen LogP contribution in [0.25, 0.3) is 0 Å². The van der Waals surface area contributed by atoms with Crippen molar-refractivity contribution >= 4 is 5.91 Å². The lowest BCUT2D eigenvalue weighted by molar-refractivity contribution is -0.122. The molecule has 2 N–H and O–H groups in total. The summed E-state index contributed by atoms with van der Waals surface area (Å²) in [5.74, 6) is 0.796. The first-order valence-corrected chi connectivity index (χ1v) is 7.55. The van der Waals surface area contributed by atoms with Gasteiger partial charge in [-0.2, -0.15) is 0 Å². The van der Waals surface area contributed by atoms with E-state index in [4.69, 9.17) is 4.74 Å². The summed E-state index contributed by atoms with van der Waals surface area (Å²) in [6, 6.07) is 0.344. The van der Waals surface area contributed by atoms with Crippen molar-refractivity contribution in [2.75, 3.05) is 45.9 Å². The highest BCUT2D eigenvalue weighted by molar-refractivity contribution is 5.76. The topological polar surface area (TPSA) is 53.6 Å². The zero-order chi connectivity index (χ0) is 13.5. The van der Waals surface area contributed by atoms with E-state index in [9.17, 15) is 4.79 Å². The van der Waals surface area contributed by atoms with Crippen LogP contribution >= 0.6 is 0 Å². The molecule has 0 aromatic heterocycles. The third-order valence-electron chi connectivity index (χ3n) is 4.18. The molecule has 19 heavy (non-hydrogen) atoms. The predicted molar refractivity (Wildman–Crippen MR) is 75.1 cm³/mol. The van der Waals surface area contributed by atoms with Gasteiger partial charge in [-0.05, 0) is 25.7 Å². The zero-order valence-electron chi connectivity index (χ0n) is 12.0. The molecule has 110 valence electrons. The normalized spacial score (nSPS) is 24.1. The highest BCUT2D eigenvalue weighted by Gasteiger charge is 2.20. The fourth-order valence-corrected chi connectivity index (χ4v) is 2.80. The van der Waals surface area contributed by atoms with E-state index in [0.29, 0.717) is 18.4 Å². The molecule has 1 atom stereocenters. The van der Waals surface area contributed by atoms with Crippen LogP contribution in [0.2, 0.25) is 0 Å². The van der Waals surface area contributed by atoms with E-state index < -0.39 is 0 Å². The van der Waals surface area contributed by atoms with Crippen molar-refractivity contribution in [3.8, 4) is 0 Å².